The monoisotopic (exact) mass is 633 g/mol. The Morgan fingerprint density at radius 1 is 1.09 bits per heavy atom. The van der Waals surface area contributed by atoms with Crippen molar-refractivity contribution < 1.29 is 42.8 Å². The summed E-state index contributed by atoms with van der Waals surface area (Å²) < 4.78 is 44.5. The number of esters is 1. The topological polar surface area (TPSA) is 130 Å². The van der Waals surface area contributed by atoms with Crippen molar-refractivity contribution in [3.05, 3.63) is 58.7 Å². The van der Waals surface area contributed by atoms with Crippen molar-refractivity contribution in [2.75, 3.05) is 6.61 Å². The van der Waals surface area contributed by atoms with E-state index < -0.39 is 69.5 Å². The Bertz CT molecular complexity index is 1390. The number of ether oxygens (including phenoxy) is 1. The molecular formula is C35H46F3NO6. The summed E-state index contributed by atoms with van der Waals surface area (Å²) in [7, 11) is 0. The van der Waals surface area contributed by atoms with Crippen LogP contribution in [0.1, 0.15) is 83.8 Å². The van der Waals surface area contributed by atoms with Crippen molar-refractivity contribution in [1.82, 2.24) is 0 Å². The van der Waals surface area contributed by atoms with Crippen LogP contribution in [0.2, 0.25) is 0 Å². The number of rotatable bonds is 10. The maximum Gasteiger partial charge on any atom is 0.416 e. The van der Waals surface area contributed by atoms with Gasteiger partial charge in [0.25, 0.3) is 0 Å². The highest BCUT2D eigenvalue weighted by atomic mass is 19.4. The van der Waals surface area contributed by atoms with Crippen LogP contribution in [0.25, 0.3) is 0 Å². The number of alkyl halides is 3. The van der Waals surface area contributed by atoms with Crippen LogP contribution in [0.4, 0.5) is 13.2 Å². The third-order valence-corrected chi connectivity index (χ3v) is 11.5. The SMILES string of the molecule is CC1=C[C@H]2[C@@]3(O)[C@H](C)C[C@]4(OC(=O)[C@H](N)CCCCCCc5ccc(C(F)(F)F)cc5)[C@H]([C@@H]3C=C(CO)C[C@]2(O)C1=O)C4(C)C. The zero-order valence-electron chi connectivity index (χ0n) is 26.5. The van der Waals surface area contributed by atoms with E-state index in [9.17, 15) is 38.1 Å². The number of carbonyl (C=O) groups excluding carboxylic acids is 2. The molecule has 0 heterocycles. The third kappa shape index (κ3) is 5.49. The number of aliphatic hydroxyl groups is 3. The van der Waals surface area contributed by atoms with Gasteiger partial charge in [0.15, 0.2) is 5.78 Å². The molecule has 4 aliphatic carbocycles. The van der Waals surface area contributed by atoms with Gasteiger partial charge in [-0.15, -0.1) is 0 Å². The quantitative estimate of drug-likeness (QED) is 0.161. The van der Waals surface area contributed by atoms with Crippen LogP contribution < -0.4 is 5.73 Å². The summed E-state index contributed by atoms with van der Waals surface area (Å²) in [6.45, 7) is 7.13. The molecule has 10 heteroatoms. The molecule has 0 saturated heterocycles. The van der Waals surface area contributed by atoms with Crippen molar-refractivity contribution in [2.45, 2.75) is 108 Å². The number of halogens is 3. The van der Waals surface area contributed by atoms with Crippen LogP contribution in [0.5, 0.6) is 0 Å². The molecule has 0 amide bonds. The molecule has 1 aromatic rings. The van der Waals surface area contributed by atoms with Crippen LogP contribution in [-0.2, 0) is 26.9 Å². The van der Waals surface area contributed by atoms with Crippen molar-refractivity contribution in [2.24, 2.45) is 34.8 Å². The Morgan fingerprint density at radius 3 is 2.36 bits per heavy atom. The normalized spacial score (nSPS) is 35.8. The molecule has 0 unspecified atom stereocenters. The maximum atomic E-state index is 13.3. The van der Waals surface area contributed by atoms with Gasteiger partial charge >= 0.3 is 12.1 Å². The predicted molar refractivity (Wildman–Crippen MR) is 162 cm³/mol. The molecular weight excluding hydrogens is 587 g/mol. The summed E-state index contributed by atoms with van der Waals surface area (Å²) in [6.07, 6.45) is 3.69. The molecule has 2 saturated carbocycles. The highest BCUT2D eigenvalue weighted by Gasteiger charge is 2.83. The summed E-state index contributed by atoms with van der Waals surface area (Å²) in [5.41, 5.74) is 2.62. The van der Waals surface area contributed by atoms with Gasteiger partial charge in [-0.1, -0.05) is 64.3 Å². The Balaban J connectivity index is 1.20. The summed E-state index contributed by atoms with van der Waals surface area (Å²) >= 11 is 0. The number of benzene rings is 1. The predicted octanol–water partition coefficient (Wildman–Crippen LogP) is 5.05. The Kier molecular flexibility index (Phi) is 8.73. The number of hydrogen-bond acceptors (Lipinski definition) is 7. The Hall–Kier alpha value is -2.53. The lowest BCUT2D eigenvalue weighted by molar-refractivity contribution is -0.187. The molecule has 1 aromatic carbocycles. The second kappa shape index (κ2) is 11.6. The zero-order valence-corrected chi connectivity index (χ0v) is 26.5. The van der Waals surface area contributed by atoms with E-state index >= 15 is 0 Å². The fraction of sp³-hybridized carbons (Fsp3) is 0.657. The minimum absolute atomic E-state index is 0.0679. The van der Waals surface area contributed by atoms with Crippen LogP contribution >= 0.6 is 0 Å². The number of fused-ring (bicyclic) bond motifs is 5. The second-order valence-corrected chi connectivity index (χ2v) is 14.5. The Morgan fingerprint density at radius 2 is 1.73 bits per heavy atom. The summed E-state index contributed by atoms with van der Waals surface area (Å²) in [5.74, 6) is -3.12. The molecule has 5 rings (SSSR count). The number of Topliss-reactive ketones (excluding diaryl/α,β-unsaturated/α-hetero) is 1. The van der Waals surface area contributed by atoms with Crippen LogP contribution in [-0.4, -0.2) is 56.5 Å². The molecule has 7 nitrogen and oxygen atoms in total. The van der Waals surface area contributed by atoms with E-state index in [1.165, 1.54) is 12.1 Å². The fourth-order valence-corrected chi connectivity index (χ4v) is 8.88. The maximum absolute atomic E-state index is 13.3. The first-order valence-electron chi connectivity index (χ1n) is 16.1. The lowest BCUT2D eigenvalue weighted by Crippen LogP contribution is -2.61. The van der Waals surface area contributed by atoms with Crippen molar-refractivity contribution in [1.29, 1.82) is 0 Å². The highest BCUT2D eigenvalue weighted by Crippen LogP contribution is 2.76. The fourth-order valence-electron chi connectivity index (χ4n) is 8.88. The molecule has 0 aliphatic heterocycles. The lowest BCUT2D eigenvalue weighted by Gasteiger charge is -2.50. The van der Waals surface area contributed by atoms with Crippen molar-refractivity contribution in [3.63, 3.8) is 0 Å². The van der Waals surface area contributed by atoms with Gasteiger partial charge in [0, 0.05) is 29.6 Å². The van der Waals surface area contributed by atoms with Gasteiger partial charge in [-0.05, 0) is 67.4 Å². The highest BCUT2D eigenvalue weighted by molar-refractivity contribution is 6.04. The smallest absolute Gasteiger partial charge is 0.416 e. The van der Waals surface area contributed by atoms with Gasteiger partial charge in [0.2, 0.25) is 0 Å². The van der Waals surface area contributed by atoms with E-state index in [-0.39, 0.29) is 18.9 Å². The van der Waals surface area contributed by atoms with E-state index in [0.717, 1.165) is 37.0 Å². The number of aryl methyl sites for hydroxylation is 1. The molecule has 4 aliphatic rings. The number of unbranched alkanes of at least 4 members (excludes halogenated alkanes) is 3. The largest absolute Gasteiger partial charge is 0.457 e. The van der Waals surface area contributed by atoms with Crippen LogP contribution in [0, 0.1) is 29.1 Å². The number of ketones is 1. The third-order valence-electron chi connectivity index (χ3n) is 11.5. The van der Waals surface area contributed by atoms with E-state index in [1.54, 1.807) is 19.1 Å². The minimum atomic E-state index is -4.34. The number of aliphatic hydroxyl groups excluding tert-OH is 1. The van der Waals surface area contributed by atoms with Crippen LogP contribution in [0.3, 0.4) is 0 Å². The molecule has 248 valence electrons. The van der Waals surface area contributed by atoms with Gasteiger partial charge in [-0.2, -0.15) is 13.2 Å². The van der Waals surface area contributed by atoms with E-state index in [4.69, 9.17) is 10.5 Å². The standard InChI is InChI=1S/C35H46F3NO6/c1-20-15-27-32(43,29(20)41)18-23(19-40)16-25-28-31(3,4)33(28,17-21(2)34(25,27)44)45-30(42)26(39)10-8-6-5-7-9-22-11-13-24(14-12-22)35(36,37)38/h11-16,21,25-28,40,43-44H,5-10,17-19,39H2,1-4H3/t21-,25+,26-,27-,28-,32-,33+,34-/m1/s1. The first-order chi connectivity index (χ1) is 20.9. The molecule has 5 N–H and O–H groups in total. The molecule has 2 fully saturated rings. The average Bonchev–Trinajstić information content (AvgIpc) is 3.38. The number of carbonyl (C=O) groups is 2. The number of nitrogens with two attached hydrogens (primary N) is 1. The second-order valence-electron chi connectivity index (χ2n) is 14.5. The van der Waals surface area contributed by atoms with E-state index in [0.29, 0.717) is 36.8 Å². The summed E-state index contributed by atoms with van der Waals surface area (Å²) in [5, 5.41) is 34.2. The molecule has 0 bridgehead atoms. The van der Waals surface area contributed by atoms with E-state index in [1.807, 2.05) is 20.8 Å². The summed E-state index contributed by atoms with van der Waals surface area (Å²) in [6, 6.07) is 4.39. The van der Waals surface area contributed by atoms with Gasteiger partial charge in [-0.3, -0.25) is 9.59 Å². The first kappa shape index (κ1) is 33.8. The van der Waals surface area contributed by atoms with Gasteiger partial charge in [0.1, 0.15) is 17.2 Å². The van der Waals surface area contributed by atoms with Crippen molar-refractivity contribution in [3.8, 4) is 0 Å². The number of hydrogen-bond donors (Lipinski definition) is 4. The van der Waals surface area contributed by atoms with Crippen molar-refractivity contribution >= 4 is 11.8 Å². The first-order valence-corrected chi connectivity index (χ1v) is 16.1. The lowest BCUT2D eigenvalue weighted by atomic mass is 9.60. The Labute approximate surface area is 262 Å². The average molecular weight is 634 g/mol. The minimum Gasteiger partial charge on any atom is -0.457 e. The van der Waals surface area contributed by atoms with Crippen LogP contribution in [0.15, 0.2) is 47.6 Å². The van der Waals surface area contributed by atoms with Gasteiger partial charge < -0.3 is 25.8 Å². The van der Waals surface area contributed by atoms with Gasteiger partial charge in [0.05, 0.1) is 17.8 Å². The molecule has 45 heavy (non-hydrogen) atoms. The zero-order chi connectivity index (χ0) is 33.2. The molecule has 0 aromatic heterocycles. The molecule has 0 spiro atoms. The van der Waals surface area contributed by atoms with Gasteiger partial charge in [-0.25, -0.2) is 0 Å². The molecule has 8 atom stereocenters. The molecule has 0 radical (unpaired) electrons. The van der Waals surface area contributed by atoms with E-state index in [2.05, 4.69) is 0 Å². The summed E-state index contributed by atoms with van der Waals surface area (Å²) in [4.78, 5) is 26.4.